The Hall–Kier alpha value is -1.27. The number of carbonyl (C=O) groups excluding carboxylic acids is 1. The molecule has 4 saturated carbocycles. The number of fused-ring (bicyclic) bond motifs is 5. The van der Waals surface area contributed by atoms with Crippen molar-refractivity contribution < 1.29 is 69.3 Å². The van der Waals surface area contributed by atoms with Gasteiger partial charge in [-0.25, -0.2) is 4.79 Å². The molecule has 4 aliphatic carbocycles. The number of hydrogen-bond acceptors (Lipinski definition) is 14. The Balaban J connectivity index is 1.01. The topological polar surface area (TPSA) is 225 Å². The summed E-state index contributed by atoms with van der Waals surface area (Å²) in [6, 6.07) is 0. The molecule has 14 heteroatoms. The summed E-state index contributed by atoms with van der Waals surface area (Å²) in [4.78, 5) is 11.9. The van der Waals surface area contributed by atoms with Crippen LogP contribution in [0.3, 0.4) is 0 Å². The van der Waals surface area contributed by atoms with E-state index in [1.54, 1.807) is 6.08 Å². The van der Waals surface area contributed by atoms with Gasteiger partial charge in [0.25, 0.3) is 0 Å². The summed E-state index contributed by atoms with van der Waals surface area (Å²) in [6.45, 7) is 5.42. The fraction of sp³-hybridized carbons (Fsp3) is 0.914. The molecule has 6 fully saturated rings. The third-order valence-electron chi connectivity index (χ3n) is 14.1. The normalized spacial score (nSPS) is 56.0. The summed E-state index contributed by atoms with van der Waals surface area (Å²) in [5, 5.41) is 87.2. The molecule has 14 nitrogen and oxygen atoms in total. The summed E-state index contributed by atoms with van der Waals surface area (Å²) in [5.74, 6) is -0.415. The molecular weight excluding hydrogens is 644 g/mol. The van der Waals surface area contributed by atoms with Crippen LogP contribution in [0.2, 0.25) is 0 Å². The Labute approximate surface area is 285 Å². The second-order valence-electron chi connectivity index (χ2n) is 16.5. The molecule has 0 aromatic heterocycles. The minimum Gasteiger partial charge on any atom is -0.458 e. The van der Waals surface area contributed by atoms with E-state index in [2.05, 4.69) is 13.8 Å². The minimum atomic E-state index is -1.65. The number of hydrogen-bond donors (Lipinski definition) is 8. The Bertz CT molecular complexity index is 1280. The van der Waals surface area contributed by atoms with Crippen LogP contribution < -0.4 is 0 Å². The van der Waals surface area contributed by atoms with E-state index in [4.69, 9.17) is 23.7 Å². The van der Waals surface area contributed by atoms with E-state index >= 15 is 0 Å². The maximum absolute atomic E-state index is 12.5. The monoisotopic (exact) mass is 698 g/mol. The van der Waals surface area contributed by atoms with Gasteiger partial charge in [-0.3, -0.25) is 0 Å². The van der Waals surface area contributed by atoms with Crippen molar-refractivity contribution in [1.29, 1.82) is 0 Å². The smallest absolute Gasteiger partial charge is 0.331 e. The molecule has 0 aromatic carbocycles. The predicted molar refractivity (Wildman–Crippen MR) is 167 cm³/mol. The molecule has 19 unspecified atom stereocenters. The molecule has 19 atom stereocenters. The molecule has 2 saturated heterocycles. The van der Waals surface area contributed by atoms with Crippen molar-refractivity contribution in [3.8, 4) is 0 Å². The average molecular weight is 699 g/mol. The van der Waals surface area contributed by atoms with E-state index in [1.807, 2.05) is 0 Å². The number of cyclic esters (lactones) is 1. The first kappa shape index (κ1) is 36.1. The first-order valence-corrected chi connectivity index (χ1v) is 18.0. The minimum absolute atomic E-state index is 0.0254. The van der Waals surface area contributed by atoms with E-state index in [9.17, 15) is 45.6 Å². The number of carbonyl (C=O) groups is 1. The van der Waals surface area contributed by atoms with E-state index in [1.165, 1.54) is 6.92 Å². The lowest BCUT2D eigenvalue weighted by molar-refractivity contribution is -0.362. The largest absolute Gasteiger partial charge is 0.458 e. The van der Waals surface area contributed by atoms with Gasteiger partial charge >= 0.3 is 5.97 Å². The van der Waals surface area contributed by atoms with Crippen molar-refractivity contribution in [2.75, 3.05) is 13.2 Å². The van der Waals surface area contributed by atoms with Crippen LogP contribution in [-0.4, -0.2) is 139 Å². The first-order chi connectivity index (χ1) is 23.1. The first-order valence-electron chi connectivity index (χ1n) is 18.0. The van der Waals surface area contributed by atoms with Crippen LogP contribution in [0.4, 0.5) is 0 Å². The number of aliphatic hydroxyl groups excluding tert-OH is 7. The number of ether oxygens (including phenoxy) is 5. The molecule has 8 N–H and O–H groups in total. The van der Waals surface area contributed by atoms with Crippen LogP contribution in [0.5, 0.6) is 0 Å². The molecule has 0 radical (unpaired) electrons. The van der Waals surface area contributed by atoms with Gasteiger partial charge in [0.05, 0.1) is 30.5 Å². The van der Waals surface area contributed by atoms with Crippen LogP contribution in [0, 0.1) is 34.5 Å². The molecule has 3 aliphatic heterocycles. The molecule has 0 amide bonds. The molecule has 3 heterocycles. The standard InChI is InChI=1S/C35H54O14/c1-15-25(39)26(40)28(42)31(46-15)49-30-22(13-36)48-32(29(43)27(30)41)47-18-6-8-33(2)17(11-18)4-5-20-24(33)21(37)12-34(3)19(7-9-35(20,34)44)16-10-23(38)45-14-16/h10,15,17-22,24-32,36-37,39-44H,4-9,11-14H2,1-3H3. The Morgan fingerprint density at radius 2 is 1.59 bits per heavy atom. The zero-order chi connectivity index (χ0) is 35.2. The predicted octanol–water partition coefficient (Wildman–Crippen LogP) is -0.749. The van der Waals surface area contributed by atoms with Crippen molar-refractivity contribution in [3.05, 3.63) is 11.6 Å². The summed E-state index contributed by atoms with van der Waals surface area (Å²) in [7, 11) is 0. The second-order valence-corrected chi connectivity index (χ2v) is 16.5. The molecule has 0 aromatic rings. The van der Waals surface area contributed by atoms with E-state index in [-0.39, 0.29) is 47.8 Å². The van der Waals surface area contributed by atoms with Crippen LogP contribution in [-0.2, 0) is 28.5 Å². The van der Waals surface area contributed by atoms with Crippen LogP contribution in [0.1, 0.15) is 72.1 Å². The van der Waals surface area contributed by atoms with Gasteiger partial charge in [-0.2, -0.15) is 0 Å². The number of esters is 1. The Kier molecular flexibility index (Phi) is 9.57. The highest BCUT2D eigenvalue weighted by Crippen LogP contribution is 2.70. The van der Waals surface area contributed by atoms with Crippen LogP contribution in [0.25, 0.3) is 0 Å². The number of rotatable bonds is 6. The summed E-state index contributed by atoms with van der Waals surface area (Å²) < 4.78 is 28.6. The zero-order valence-corrected chi connectivity index (χ0v) is 28.4. The lowest BCUT2D eigenvalue weighted by atomic mass is 9.42. The molecule has 0 spiro atoms. The zero-order valence-electron chi connectivity index (χ0n) is 28.4. The Morgan fingerprint density at radius 1 is 0.878 bits per heavy atom. The summed E-state index contributed by atoms with van der Waals surface area (Å²) in [6.07, 6.45) is -7.93. The van der Waals surface area contributed by atoms with Crippen molar-refractivity contribution in [2.24, 2.45) is 34.5 Å². The molecule has 49 heavy (non-hydrogen) atoms. The molecule has 278 valence electrons. The third kappa shape index (κ3) is 5.64. The molecular formula is C35H54O14. The van der Waals surface area contributed by atoms with Crippen molar-refractivity contribution in [2.45, 2.75) is 151 Å². The fourth-order valence-electron chi connectivity index (χ4n) is 11.4. The van der Waals surface area contributed by atoms with E-state index in [0.717, 1.165) is 24.8 Å². The SMILES string of the molecule is CC1OC(OC2C(CO)OC(OC3CCC4(C)C(CCC5C4C(O)CC4(C)C(C6=CC(=O)OC6)CCC54O)C3)C(O)C2O)C(O)C(O)C1O. The summed E-state index contributed by atoms with van der Waals surface area (Å²) in [5.41, 5.74) is -0.897. The lowest BCUT2D eigenvalue weighted by Gasteiger charge is -2.65. The van der Waals surface area contributed by atoms with Gasteiger partial charge in [0.2, 0.25) is 0 Å². The van der Waals surface area contributed by atoms with Crippen molar-refractivity contribution in [3.63, 3.8) is 0 Å². The molecule has 7 rings (SSSR count). The quantitative estimate of drug-likeness (QED) is 0.126. The molecule has 0 bridgehead atoms. The van der Waals surface area contributed by atoms with Gasteiger partial charge in [0, 0.05) is 11.5 Å². The highest BCUT2D eigenvalue weighted by Gasteiger charge is 2.70. The van der Waals surface area contributed by atoms with Crippen molar-refractivity contribution >= 4 is 5.97 Å². The van der Waals surface area contributed by atoms with Gasteiger partial charge in [-0.15, -0.1) is 0 Å². The van der Waals surface area contributed by atoms with Gasteiger partial charge in [0.15, 0.2) is 12.6 Å². The second kappa shape index (κ2) is 13.0. The van der Waals surface area contributed by atoms with Crippen LogP contribution >= 0.6 is 0 Å². The maximum atomic E-state index is 12.5. The van der Waals surface area contributed by atoms with Gasteiger partial charge < -0.3 is 64.5 Å². The maximum Gasteiger partial charge on any atom is 0.331 e. The van der Waals surface area contributed by atoms with Crippen molar-refractivity contribution in [1.82, 2.24) is 0 Å². The van der Waals surface area contributed by atoms with Gasteiger partial charge in [0.1, 0.15) is 49.3 Å². The molecule has 7 aliphatic rings. The van der Waals surface area contributed by atoms with Gasteiger partial charge in [-0.1, -0.05) is 13.8 Å². The van der Waals surface area contributed by atoms with E-state index < -0.39 is 85.1 Å². The van der Waals surface area contributed by atoms with Gasteiger partial charge in [-0.05, 0) is 93.0 Å². The van der Waals surface area contributed by atoms with Crippen LogP contribution in [0.15, 0.2) is 11.6 Å². The highest BCUT2D eigenvalue weighted by molar-refractivity contribution is 5.85. The summed E-state index contributed by atoms with van der Waals surface area (Å²) >= 11 is 0. The lowest BCUT2D eigenvalue weighted by Crippen LogP contribution is -2.66. The van der Waals surface area contributed by atoms with E-state index in [0.29, 0.717) is 32.1 Å². The average Bonchev–Trinajstić information content (AvgIpc) is 3.61. The Morgan fingerprint density at radius 3 is 2.29 bits per heavy atom. The number of aliphatic hydroxyl groups is 8. The highest BCUT2D eigenvalue weighted by atomic mass is 16.7. The third-order valence-corrected chi connectivity index (χ3v) is 14.1. The fourth-order valence-corrected chi connectivity index (χ4v) is 11.4.